The highest BCUT2D eigenvalue weighted by atomic mass is 32.2. The third kappa shape index (κ3) is 4.32. The van der Waals surface area contributed by atoms with Gasteiger partial charge in [0.25, 0.3) is 0 Å². The summed E-state index contributed by atoms with van der Waals surface area (Å²) >= 11 is 1.64. The molecule has 0 fully saturated rings. The van der Waals surface area contributed by atoms with E-state index in [0.717, 1.165) is 27.1 Å². The average Bonchev–Trinajstić information content (AvgIpc) is 2.48. The Kier molecular flexibility index (Phi) is 5.20. The van der Waals surface area contributed by atoms with Crippen molar-refractivity contribution in [2.24, 2.45) is 0 Å². The fourth-order valence-electron chi connectivity index (χ4n) is 2.11. The molecule has 0 aliphatic carbocycles. The topological polar surface area (TPSA) is 0 Å². The highest BCUT2D eigenvalue weighted by Crippen LogP contribution is 2.32. The lowest BCUT2D eigenvalue weighted by atomic mass is 9.97. The van der Waals surface area contributed by atoms with Crippen LogP contribution in [0.4, 0.5) is 13.2 Å². The number of thioether (sulfide) groups is 1. The average molecular weight is 319 g/mol. The van der Waals surface area contributed by atoms with Crippen molar-refractivity contribution in [2.75, 3.05) is 6.26 Å². The lowest BCUT2D eigenvalue weighted by Gasteiger charge is -2.11. The molecule has 0 bridgehead atoms. The Labute approximate surface area is 132 Å². The first kappa shape index (κ1) is 16.5. The van der Waals surface area contributed by atoms with Crippen molar-refractivity contribution in [1.82, 2.24) is 0 Å². The van der Waals surface area contributed by atoms with Crippen molar-refractivity contribution in [3.8, 4) is 23.0 Å². The molecule has 0 N–H and O–H groups in total. The van der Waals surface area contributed by atoms with E-state index in [1.165, 1.54) is 5.92 Å². The van der Waals surface area contributed by atoms with Crippen LogP contribution in [0.1, 0.15) is 11.1 Å². The van der Waals surface area contributed by atoms with Gasteiger partial charge in [0, 0.05) is 17.2 Å². The molecule has 0 aliphatic rings. The Morgan fingerprint density at radius 1 is 1.18 bits per heavy atom. The van der Waals surface area contributed by atoms with Gasteiger partial charge in [-0.05, 0) is 59.7 Å². The van der Waals surface area contributed by atoms with Crippen molar-refractivity contribution in [3.05, 3.63) is 53.6 Å². The maximum atomic E-state index is 12.1. The number of hydrogen-bond donors (Lipinski definition) is 0. The molecule has 2 rings (SSSR count). The fourth-order valence-corrected chi connectivity index (χ4v) is 2.72. The van der Waals surface area contributed by atoms with Gasteiger partial charge in [-0.25, -0.2) is 0 Å². The molecule has 0 spiro atoms. The lowest BCUT2D eigenvalue weighted by molar-refractivity contribution is -0.0697. The van der Waals surface area contributed by atoms with Crippen LogP contribution >= 0.6 is 11.8 Å². The summed E-state index contributed by atoms with van der Waals surface area (Å²) in [4.78, 5) is 1.12. The molecule has 0 saturated carbocycles. The van der Waals surface area contributed by atoms with Gasteiger partial charge in [0.05, 0.1) is 0 Å². The normalized spacial score (nSPS) is 11.0. The smallest absolute Gasteiger partial charge is 0.159 e. The van der Waals surface area contributed by atoms with Crippen molar-refractivity contribution in [2.45, 2.75) is 24.4 Å². The van der Waals surface area contributed by atoms with Crippen LogP contribution in [0.5, 0.6) is 0 Å². The predicted molar refractivity (Wildman–Crippen MR) is 84.8 cm³/mol. The predicted octanol–water partition coefficient (Wildman–Crippen LogP) is 5.29. The number of halogens is 3. The van der Waals surface area contributed by atoms with E-state index in [1.807, 2.05) is 43.5 Å². The first-order valence-electron chi connectivity index (χ1n) is 6.62. The maximum absolute atomic E-state index is 12.1. The quantitative estimate of drug-likeness (QED) is 0.547. The first-order valence-corrected chi connectivity index (χ1v) is 7.84. The Balaban J connectivity index is 2.37. The van der Waals surface area contributed by atoms with Crippen LogP contribution in [0, 0.1) is 24.8 Å². The highest BCUT2D eigenvalue weighted by Gasteiger charge is 2.22. The number of benzene rings is 2. The summed E-state index contributed by atoms with van der Waals surface area (Å²) in [6.07, 6.45) is -2.38. The summed E-state index contributed by atoms with van der Waals surface area (Å²) in [5, 5.41) is 0. The van der Waals surface area contributed by atoms with Gasteiger partial charge in [-0.3, -0.25) is 0 Å². The molecular weight excluding hydrogens is 305 g/mol. The number of rotatable bonds is 3. The Morgan fingerprint density at radius 3 is 2.59 bits per heavy atom. The molecule has 113 valence electrons. The summed E-state index contributed by atoms with van der Waals surface area (Å²) in [7, 11) is 0. The zero-order valence-corrected chi connectivity index (χ0v) is 13.0. The van der Waals surface area contributed by atoms with Gasteiger partial charge in [-0.15, -0.1) is 11.8 Å². The molecule has 0 atom stereocenters. The summed E-state index contributed by atoms with van der Waals surface area (Å²) in [5.41, 5.74) is 3.74. The first-order chi connectivity index (χ1) is 10.4. The molecule has 0 nitrogen and oxygen atoms in total. The molecular formula is C18H14F3S. The van der Waals surface area contributed by atoms with Gasteiger partial charge in [0.1, 0.15) is 0 Å². The molecule has 1 radical (unpaired) electrons. The molecule has 0 aromatic heterocycles. The summed E-state index contributed by atoms with van der Waals surface area (Å²) in [6.45, 7) is 1.94. The second kappa shape index (κ2) is 6.93. The second-order valence-corrected chi connectivity index (χ2v) is 5.57. The van der Waals surface area contributed by atoms with E-state index in [1.54, 1.807) is 17.8 Å². The monoisotopic (exact) mass is 319 g/mol. The van der Waals surface area contributed by atoms with Gasteiger partial charge in [0.15, 0.2) is 0 Å². The minimum Gasteiger partial charge on any atom is -0.159 e. The minimum absolute atomic E-state index is 0.0602. The lowest BCUT2D eigenvalue weighted by Crippen LogP contribution is -2.01. The standard InChI is InChI=1S/C18H14F3S/c1-13-9-10-14(6-5-11-18(19,20)21)12-16(13)15-7-3-4-8-17(15)22-2/h3-4,7-8,10,12H,6H2,1-2H3. The largest absolute Gasteiger partial charge is 0.457 e. The zero-order valence-electron chi connectivity index (χ0n) is 12.2. The summed E-state index contributed by atoms with van der Waals surface area (Å²) in [5.74, 6) is 3.47. The van der Waals surface area contributed by atoms with E-state index in [9.17, 15) is 13.2 Å². The van der Waals surface area contributed by atoms with Crippen molar-refractivity contribution < 1.29 is 13.2 Å². The van der Waals surface area contributed by atoms with Crippen molar-refractivity contribution in [1.29, 1.82) is 0 Å². The van der Waals surface area contributed by atoms with Crippen LogP contribution in [0.15, 0.2) is 41.3 Å². The third-order valence-corrected chi connectivity index (χ3v) is 3.92. The Hall–Kier alpha value is -1.86. The fraction of sp³-hybridized carbons (Fsp3) is 0.222. The number of alkyl halides is 3. The Bertz CT molecular complexity index is 721. The van der Waals surface area contributed by atoms with Gasteiger partial charge >= 0.3 is 6.18 Å². The van der Waals surface area contributed by atoms with Crippen LogP contribution in [-0.4, -0.2) is 12.4 Å². The Morgan fingerprint density at radius 2 is 1.91 bits per heavy atom. The van der Waals surface area contributed by atoms with Crippen LogP contribution in [0.25, 0.3) is 11.1 Å². The van der Waals surface area contributed by atoms with Crippen LogP contribution in [0.3, 0.4) is 0 Å². The third-order valence-electron chi connectivity index (χ3n) is 3.13. The van der Waals surface area contributed by atoms with Crippen LogP contribution in [-0.2, 0) is 6.42 Å². The van der Waals surface area contributed by atoms with E-state index >= 15 is 0 Å². The van der Waals surface area contributed by atoms with Gasteiger partial charge in [0.2, 0.25) is 0 Å². The van der Waals surface area contributed by atoms with Gasteiger partial charge in [-0.1, -0.05) is 24.1 Å². The highest BCUT2D eigenvalue weighted by molar-refractivity contribution is 7.98. The van der Waals surface area contributed by atoms with E-state index in [2.05, 4.69) is 12.0 Å². The molecule has 4 heteroatoms. The molecule has 0 heterocycles. The number of hydrogen-bond acceptors (Lipinski definition) is 1. The minimum atomic E-state index is -4.44. The van der Waals surface area contributed by atoms with E-state index in [0.29, 0.717) is 0 Å². The second-order valence-electron chi connectivity index (χ2n) is 4.72. The van der Waals surface area contributed by atoms with Crippen molar-refractivity contribution >= 4 is 11.8 Å². The van der Waals surface area contributed by atoms with Crippen LogP contribution < -0.4 is 0 Å². The van der Waals surface area contributed by atoms with E-state index < -0.39 is 6.18 Å². The van der Waals surface area contributed by atoms with E-state index in [-0.39, 0.29) is 6.42 Å². The summed E-state index contributed by atoms with van der Waals surface area (Å²) in [6, 6.07) is 14.6. The molecule has 0 saturated heterocycles. The molecule has 0 unspecified atom stereocenters. The van der Waals surface area contributed by atoms with Gasteiger partial charge < -0.3 is 0 Å². The molecule has 0 aliphatic heterocycles. The zero-order chi connectivity index (χ0) is 16.2. The SMILES string of the molecule is CSc1ccccc1-c1cc(CC#CC(F)(F)F)c[c]c1C. The molecule has 22 heavy (non-hydrogen) atoms. The van der Waals surface area contributed by atoms with Crippen LogP contribution in [0.2, 0.25) is 0 Å². The maximum Gasteiger partial charge on any atom is 0.457 e. The van der Waals surface area contributed by atoms with Gasteiger partial charge in [-0.2, -0.15) is 13.2 Å². The molecule has 2 aromatic carbocycles. The summed E-state index contributed by atoms with van der Waals surface area (Å²) < 4.78 is 36.2. The molecule has 0 amide bonds. The number of aryl methyl sites for hydroxylation is 1. The van der Waals surface area contributed by atoms with E-state index in [4.69, 9.17) is 0 Å². The molecule has 2 aromatic rings. The van der Waals surface area contributed by atoms with Crippen molar-refractivity contribution in [3.63, 3.8) is 0 Å².